The smallest absolute Gasteiger partial charge is 0.258 e. The van der Waals surface area contributed by atoms with Gasteiger partial charge in [-0.15, -0.1) is 0 Å². The zero-order valence-corrected chi connectivity index (χ0v) is 10.3. The van der Waals surface area contributed by atoms with Gasteiger partial charge in [-0.25, -0.2) is 0 Å². The van der Waals surface area contributed by atoms with Crippen molar-refractivity contribution in [2.24, 2.45) is 0 Å². The Balaban J connectivity index is 2.03. The minimum absolute atomic E-state index is 0.149. The van der Waals surface area contributed by atoms with E-state index >= 15 is 0 Å². The molecule has 0 saturated heterocycles. The van der Waals surface area contributed by atoms with Crippen LogP contribution in [0.25, 0.3) is 0 Å². The van der Waals surface area contributed by atoms with Crippen molar-refractivity contribution in [2.75, 3.05) is 13.6 Å². The van der Waals surface area contributed by atoms with Gasteiger partial charge in [-0.1, -0.05) is 18.0 Å². The summed E-state index contributed by atoms with van der Waals surface area (Å²) in [5, 5.41) is 13.8. The van der Waals surface area contributed by atoms with Gasteiger partial charge in [-0.3, -0.25) is 4.79 Å². The first-order valence-electron chi connectivity index (χ1n) is 5.91. The number of aliphatic hydroxyl groups is 1. The lowest BCUT2D eigenvalue weighted by atomic mass is 10.0. The third-order valence-corrected chi connectivity index (χ3v) is 3.39. The molecule has 1 aromatic rings. The molecule has 0 radical (unpaired) electrons. The molecule has 1 aromatic heterocycles. The number of amides is 1. The zero-order chi connectivity index (χ0) is 12.5. The van der Waals surface area contributed by atoms with Crippen LogP contribution in [-0.4, -0.2) is 40.3 Å². The quantitative estimate of drug-likeness (QED) is 0.863. The van der Waals surface area contributed by atoms with Crippen LogP contribution in [0.5, 0.6) is 0 Å². The highest BCUT2D eigenvalue weighted by molar-refractivity contribution is 5.94. The van der Waals surface area contributed by atoms with Crippen LogP contribution in [0.1, 0.15) is 41.8 Å². The van der Waals surface area contributed by atoms with Crippen molar-refractivity contribution in [3.8, 4) is 0 Å². The molecule has 0 aromatic carbocycles. The standard InChI is InChI=1S/C12H18N2O3/c1-9-10(7-13-17-9)11(15)14(2)8-12(16)5-3-4-6-12/h7,16H,3-6,8H2,1-2H3. The molecule has 5 nitrogen and oxygen atoms in total. The molecular weight excluding hydrogens is 220 g/mol. The molecule has 0 bridgehead atoms. The number of hydrogen-bond donors (Lipinski definition) is 1. The number of likely N-dealkylation sites (N-methyl/N-ethyl adjacent to an activating group) is 1. The summed E-state index contributed by atoms with van der Waals surface area (Å²) in [6, 6.07) is 0. The highest BCUT2D eigenvalue weighted by atomic mass is 16.5. The van der Waals surface area contributed by atoms with Crippen LogP contribution in [0.2, 0.25) is 0 Å². The fourth-order valence-electron chi connectivity index (χ4n) is 2.41. The highest BCUT2D eigenvalue weighted by Gasteiger charge is 2.34. The van der Waals surface area contributed by atoms with Gasteiger partial charge in [0.2, 0.25) is 0 Å². The minimum Gasteiger partial charge on any atom is -0.388 e. The van der Waals surface area contributed by atoms with E-state index in [1.165, 1.54) is 6.20 Å². The number of hydrogen-bond acceptors (Lipinski definition) is 4. The molecule has 1 fully saturated rings. The highest BCUT2D eigenvalue weighted by Crippen LogP contribution is 2.30. The first-order valence-corrected chi connectivity index (χ1v) is 5.91. The summed E-state index contributed by atoms with van der Waals surface area (Å²) in [6.45, 7) is 2.08. The van der Waals surface area contributed by atoms with E-state index in [-0.39, 0.29) is 5.91 Å². The summed E-state index contributed by atoms with van der Waals surface area (Å²) in [4.78, 5) is 13.6. The van der Waals surface area contributed by atoms with Crippen molar-refractivity contribution >= 4 is 5.91 Å². The summed E-state index contributed by atoms with van der Waals surface area (Å²) in [6.07, 6.45) is 5.03. The van der Waals surface area contributed by atoms with Gasteiger partial charge in [0.15, 0.2) is 0 Å². The molecule has 0 atom stereocenters. The maximum atomic E-state index is 12.1. The largest absolute Gasteiger partial charge is 0.388 e. The first kappa shape index (κ1) is 12.1. The molecule has 94 valence electrons. The molecule has 1 heterocycles. The SMILES string of the molecule is Cc1oncc1C(=O)N(C)CC1(O)CCCC1. The molecule has 1 N–H and O–H groups in total. The molecule has 1 saturated carbocycles. The number of carbonyl (C=O) groups is 1. The summed E-state index contributed by atoms with van der Waals surface area (Å²) < 4.78 is 4.87. The monoisotopic (exact) mass is 238 g/mol. The lowest BCUT2D eigenvalue weighted by Gasteiger charge is -2.28. The number of aromatic nitrogens is 1. The van der Waals surface area contributed by atoms with E-state index in [0.29, 0.717) is 17.9 Å². The topological polar surface area (TPSA) is 66.6 Å². The normalized spacial score (nSPS) is 18.3. The van der Waals surface area contributed by atoms with E-state index in [9.17, 15) is 9.90 Å². The fraction of sp³-hybridized carbons (Fsp3) is 0.667. The second kappa shape index (κ2) is 4.49. The predicted molar refractivity (Wildman–Crippen MR) is 61.6 cm³/mol. The molecule has 1 amide bonds. The third-order valence-electron chi connectivity index (χ3n) is 3.39. The summed E-state index contributed by atoms with van der Waals surface area (Å²) in [7, 11) is 1.70. The second-order valence-electron chi connectivity index (χ2n) is 4.89. The second-order valence-corrected chi connectivity index (χ2v) is 4.89. The van der Waals surface area contributed by atoms with Gasteiger partial charge >= 0.3 is 0 Å². The third kappa shape index (κ3) is 2.49. The van der Waals surface area contributed by atoms with Gasteiger partial charge < -0.3 is 14.5 Å². The first-order chi connectivity index (χ1) is 8.02. The van der Waals surface area contributed by atoms with Crippen molar-refractivity contribution in [2.45, 2.75) is 38.2 Å². The maximum Gasteiger partial charge on any atom is 0.258 e. The Morgan fingerprint density at radius 1 is 1.59 bits per heavy atom. The number of rotatable bonds is 3. The molecule has 17 heavy (non-hydrogen) atoms. The van der Waals surface area contributed by atoms with Crippen LogP contribution in [0.15, 0.2) is 10.7 Å². The van der Waals surface area contributed by atoms with Crippen molar-refractivity contribution in [3.63, 3.8) is 0 Å². The van der Waals surface area contributed by atoms with Gasteiger partial charge in [0.25, 0.3) is 5.91 Å². The van der Waals surface area contributed by atoms with Crippen LogP contribution in [-0.2, 0) is 0 Å². The minimum atomic E-state index is -0.713. The van der Waals surface area contributed by atoms with E-state index in [0.717, 1.165) is 25.7 Å². The van der Waals surface area contributed by atoms with Crippen LogP contribution < -0.4 is 0 Å². The van der Waals surface area contributed by atoms with Crippen molar-refractivity contribution in [1.29, 1.82) is 0 Å². The Kier molecular flexibility index (Phi) is 3.19. The maximum absolute atomic E-state index is 12.1. The van der Waals surface area contributed by atoms with Crippen LogP contribution in [0.3, 0.4) is 0 Å². The Bertz CT molecular complexity index is 408. The van der Waals surface area contributed by atoms with E-state index < -0.39 is 5.60 Å². The Morgan fingerprint density at radius 2 is 2.24 bits per heavy atom. The van der Waals surface area contributed by atoms with Crippen molar-refractivity contribution in [1.82, 2.24) is 10.1 Å². The molecule has 1 aliphatic carbocycles. The molecular formula is C12H18N2O3. The molecule has 0 aliphatic heterocycles. The summed E-state index contributed by atoms with van der Waals surface area (Å²) in [5.41, 5.74) is -0.246. The fourth-order valence-corrected chi connectivity index (χ4v) is 2.41. The van der Waals surface area contributed by atoms with Crippen molar-refractivity contribution < 1.29 is 14.4 Å². The molecule has 2 rings (SSSR count). The zero-order valence-electron chi connectivity index (χ0n) is 10.3. The van der Waals surface area contributed by atoms with Gasteiger partial charge in [0.05, 0.1) is 11.8 Å². The Hall–Kier alpha value is -1.36. The van der Waals surface area contributed by atoms with E-state index in [4.69, 9.17) is 4.52 Å². The van der Waals surface area contributed by atoms with E-state index in [1.807, 2.05) is 0 Å². The summed E-state index contributed by atoms with van der Waals surface area (Å²) >= 11 is 0. The van der Waals surface area contributed by atoms with Crippen LogP contribution in [0, 0.1) is 6.92 Å². The van der Waals surface area contributed by atoms with Gasteiger partial charge in [0.1, 0.15) is 11.3 Å². The van der Waals surface area contributed by atoms with Crippen molar-refractivity contribution in [3.05, 3.63) is 17.5 Å². The lowest BCUT2D eigenvalue weighted by molar-refractivity contribution is 0.0156. The van der Waals surface area contributed by atoms with Gasteiger partial charge in [0, 0.05) is 13.6 Å². The average molecular weight is 238 g/mol. The molecule has 0 unspecified atom stereocenters. The molecule has 5 heteroatoms. The number of aryl methyl sites for hydroxylation is 1. The molecule has 0 spiro atoms. The Labute approximate surface area is 100 Å². The Morgan fingerprint density at radius 3 is 2.76 bits per heavy atom. The number of carbonyl (C=O) groups excluding carboxylic acids is 1. The van der Waals surface area contributed by atoms with E-state index in [2.05, 4.69) is 5.16 Å². The van der Waals surface area contributed by atoms with Crippen LogP contribution >= 0.6 is 0 Å². The predicted octanol–water partition coefficient (Wildman–Crippen LogP) is 1.36. The number of nitrogens with zero attached hydrogens (tertiary/aromatic N) is 2. The molecule has 1 aliphatic rings. The average Bonchev–Trinajstić information content (AvgIpc) is 2.86. The van der Waals surface area contributed by atoms with E-state index in [1.54, 1.807) is 18.9 Å². The van der Waals surface area contributed by atoms with Crippen LogP contribution in [0.4, 0.5) is 0 Å². The lowest BCUT2D eigenvalue weighted by Crippen LogP contribution is -2.42. The summed E-state index contributed by atoms with van der Waals surface area (Å²) in [5.74, 6) is 0.365. The van der Waals surface area contributed by atoms with Gasteiger partial charge in [-0.2, -0.15) is 0 Å². The van der Waals surface area contributed by atoms with Gasteiger partial charge in [-0.05, 0) is 19.8 Å².